The van der Waals surface area contributed by atoms with E-state index in [9.17, 15) is 0 Å². The van der Waals surface area contributed by atoms with Gasteiger partial charge in [0.1, 0.15) is 0 Å². The van der Waals surface area contributed by atoms with Gasteiger partial charge in [0.25, 0.3) is 0 Å². The Morgan fingerprint density at radius 1 is 1.47 bits per heavy atom. The van der Waals surface area contributed by atoms with Crippen LogP contribution < -0.4 is 0 Å². The predicted octanol–water partition coefficient (Wildman–Crippen LogP) is 2.01. The molecule has 0 saturated heterocycles. The van der Waals surface area contributed by atoms with Gasteiger partial charge in [-0.2, -0.15) is 0 Å². The molecule has 78 valence electrons. The first-order valence-electron chi connectivity index (χ1n) is 4.42. The van der Waals surface area contributed by atoms with Crippen molar-refractivity contribution >= 4 is 36.3 Å². The molecule has 1 nitrogen and oxygen atoms in total. The summed E-state index contributed by atoms with van der Waals surface area (Å²) in [5.74, 6) is 2.72. The number of hydrogen-bond donors (Lipinski definition) is 1. The molecule has 0 aliphatic carbocycles. The number of hydrogen-bond acceptors (Lipinski definition) is 2. The van der Waals surface area contributed by atoms with Gasteiger partial charge in [0.2, 0.25) is 0 Å². The van der Waals surface area contributed by atoms with Gasteiger partial charge in [0, 0.05) is 0 Å². The first kappa shape index (κ1) is 12.7. The number of rotatable bonds is 3. The number of thioether (sulfide) groups is 1. The van der Waals surface area contributed by atoms with E-state index in [1.165, 1.54) is 9.18 Å². The number of aliphatic hydroxyl groups excluding tert-OH is 1. The van der Waals surface area contributed by atoms with Crippen molar-refractivity contribution in [1.82, 2.24) is 0 Å². The fourth-order valence-corrected chi connectivity index (χ4v) is 4.05. The molecule has 0 aromatic heterocycles. The summed E-state index contributed by atoms with van der Waals surface area (Å²) in [5, 5.41) is 10.8. The Morgan fingerprint density at radius 2 is 2.20 bits per heavy atom. The second-order valence-electron chi connectivity index (χ2n) is 2.62. The molecule has 0 aliphatic rings. The summed E-state index contributed by atoms with van der Waals surface area (Å²) in [6, 6.07) is 10.3. The van der Waals surface area contributed by atoms with Gasteiger partial charge in [-0.15, -0.1) is 0 Å². The molecule has 0 saturated carbocycles. The monoisotopic (exact) mass is 334 g/mol. The summed E-state index contributed by atoms with van der Waals surface area (Å²) in [6.45, 7) is -0.0356. The van der Waals surface area contributed by atoms with Crippen LogP contribution in [0.4, 0.5) is 0 Å². The van der Waals surface area contributed by atoms with Crippen molar-refractivity contribution < 1.29 is 5.11 Å². The molecule has 1 N–H and O–H groups in total. The van der Waals surface area contributed by atoms with Crippen molar-refractivity contribution in [1.29, 1.82) is 0 Å². The van der Waals surface area contributed by atoms with E-state index in [1.807, 2.05) is 18.2 Å². The third-order valence-corrected chi connectivity index (χ3v) is 4.87. The topological polar surface area (TPSA) is 20.2 Å². The molecule has 15 heavy (non-hydrogen) atoms. The molecule has 0 fully saturated rings. The Kier molecular flexibility index (Phi) is 6.64. The van der Waals surface area contributed by atoms with Crippen LogP contribution in [0.2, 0.25) is 0 Å². The summed E-state index contributed by atoms with van der Waals surface area (Å²) in [5.41, 5.74) is 1.25. The van der Waals surface area contributed by atoms with Gasteiger partial charge in [-0.05, 0) is 0 Å². The molecule has 1 rings (SSSR count). The van der Waals surface area contributed by atoms with Gasteiger partial charge in [-0.1, -0.05) is 0 Å². The van der Waals surface area contributed by atoms with Crippen LogP contribution in [0.5, 0.6) is 0 Å². The average Bonchev–Trinajstić information content (AvgIpc) is 2.29. The van der Waals surface area contributed by atoms with Crippen LogP contribution >= 0.6 is 11.8 Å². The SMILES string of the molecule is CS/C=C(\[Te]C#CCO)c1ccccc1. The second-order valence-corrected chi connectivity index (χ2v) is 5.75. The summed E-state index contributed by atoms with van der Waals surface area (Å²) in [4.78, 5) is 0. The van der Waals surface area contributed by atoms with Gasteiger partial charge in [-0.3, -0.25) is 0 Å². The summed E-state index contributed by atoms with van der Waals surface area (Å²) >= 11 is 1.21. The van der Waals surface area contributed by atoms with Crippen molar-refractivity contribution in [3.8, 4) is 9.89 Å². The predicted molar refractivity (Wildman–Crippen MR) is 68.5 cm³/mol. The Balaban J connectivity index is 2.80. The molecule has 0 bridgehead atoms. The van der Waals surface area contributed by atoms with Gasteiger partial charge in [-0.25, -0.2) is 0 Å². The van der Waals surface area contributed by atoms with Gasteiger partial charge >= 0.3 is 105 Å². The molecule has 3 heteroatoms. The van der Waals surface area contributed by atoms with Crippen LogP contribution in [0.3, 0.4) is 0 Å². The maximum atomic E-state index is 8.60. The fourth-order valence-electron chi connectivity index (χ4n) is 0.984. The third-order valence-electron chi connectivity index (χ3n) is 1.60. The van der Waals surface area contributed by atoms with Crippen LogP contribution in [-0.2, 0) is 0 Å². The minimum atomic E-state index is -0.495. The first-order chi connectivity index (χ1) is 7.38. The molecule has 1 aromatic rings. The zero-order valence-corrected chi connectivity index (χ0v) is 11.6. The first-order valence-corrected chi connectivity index (χ1v) is 8.04. The molecule has 0 atom stereocenters. The third kappa shape index (κ3) is 4.78. The quantitative estimate of drug-likeness (QED) is 0.675. The molecule has 0 aliphatic heterocycles. The van der Waals surface area contributed by atoms with Crippen LogP contribution in [0.15, 0.2) is 35.7 Å². The van der Waals surface area contributed by atoms with E-state index < -0.39 is 20.9 Å². The second kappa shape index (κ2) is 7.85. The zero-order chi connectivity index (χ0) is 10.9. The van der Waals surface area contributed by atoms with Crippen LogP contribution in [-0.4, -0.2) is 38.9 Å². The molecule has 0 amide bonds. The standard InChI is InChI=1S/C12H12OSTe/c1-14-10-12(15-9-5-8-13)11-6-3-2-4-7-11/h2-4,6-7,10,13H,8H2,1H3/b12-10-. The van der Waals surface area contributed by atoms with E-state index in [0.29, 0.717) is 0 Å². The van der Waals surface area contributed by atoms with E-state index in [2.05, 4.69) is 33.7 Å². The van der Waals surface area contributed by atoms with E-state index in [1.54, 1.807) is 11.8 Å². The van der Waals surface area contributed by atoms with Gasteiger partial charge in [0.15, 0.2) is 0 Å². The van der Waals surface area contributed by atoms with Crippen molar-refractivity contribution in [3.05, 3.63) is 41.3 Å². The normalized spacial score (nSPS) is 10.7. The molecule has 0 heterocycles. The number of aliphatic hydroxyl groups is 1. The Labute approximate surface area is 105 Å². The fraction of sp³-hybridized carbons (Fsp3) is 0.167. The Hall–Kier alpha value is -0.380. The molecule has 1 aromatic carbocycles. The molecular formula is C12H12OSTe. The Bertz CT molecular complexity index is 376. The van der Waals surface area contributed by atoms with E-state index in [-0.39, 0.29) is 6.61 Å². The Morgan fingerprint density at radius 3 is 2.80 bits per heavy atom. The summed E-state index contributed by atoms with van der Waals surface area (Å²) in [6.07, 6.45) is 2.05. The van der Waals surface area contributed by atoms with E-state index in [0.717, 1.165) is 0 Å². The molecule has 0 unspecified atom stereocenters. The van der Waals surface area contributed by atoms with Crippen molar-refractivity contribution in [2.75, 3.05) is 12.9 Å². The summed E-state index contributed by atoms with van der Waals surface area (Å²) < 4.78 is 4.40. The summed E-state index contributed by atoms with van der Waals surface area (Å²) in [7, 11) is 0. The van der Waals surface area contributed by atoms with E-state index in [4.69, 9.17) is 5.11 Å². The zero-order valence-electron chi connectivity index (χ0n) is 8.43. The van der Waals surface area contributed by atoms with Gasteiger partial charge < -0.3 is 0 Å². The minimum absolute atomic E-state index is 0.0356. The molecular weight excluding hydrogens is 320 g/mol. The van der Waals surface area contributed by atoms with Crippen LogP contribution in [0.25, 0.3) is 3.62 Å². The molecule has 0 spiro atoms. The van der Waals surface area contributed by atoms with Gasteiger partial charge in [0.05, 0.1) is 0 Å². The van der Waals surface area contributed by atoms with Crippen LogP contribution in [0, 0.1) is 9.89 Å². The average molecular weight is 332 g/mol. The van der Waals surface area contributed by atoms with E-state index >= 15 is 0 Å². The van der Waals surface area contributed by atoms with Crippen molar-refractivity contribution in [2.24, 2.45) is 0 Å². The number of benzene rings is 1. The molecule has 0 radical (unpaired) electrons. The van der Waals surface area contributed by atoms with Crippen molar-refractivity contribution in [2.45, 2.75) is 0 Å². The van der Waals surface area contributed by atoms with Crippen LogP contribution in [0.1, 0.15) is 5.56 Å². The van der Waals surface area contributed by atoms with Crippen molar-refractivity contribution in [3.63, 3.8) is 0 Å². The maximum absolute atomic E-state index is 8.60.